The van der Waals surface area contributed by atoms with E-state index in [9.17, 15) is 0 Å². The van der Waals surface area contributed by atoms with Gasteiger partial charge in [0.15, 0.2) is 0 Å². The van der Waals surface area contributed by atoms with Crippen LogP contribution in [0.25, 0.3) is 0 Å². The van der Waals surface area contributed by atoms with Crippen molar-refractivity contribution in [3.63, 3.8) is 0 Å². The lowest BCUT2D eigenvalue weighted by Gasteiger charge is -2.23. The standard InChI is InChI=1S/C14H24N4/c1-10-8-18(9-14(10)17(3)4)12-5-6-13(11(2)15)16-7-12/h5-7,10-11,14H,8-9,15H2,1-4H3. The monoisotopic (exact) mass is 248 g/mol. The molecular formula is C14H24N4. The highest BCUT2D eigenvalue weighted by molar-refractivity contribution is 5.46. The van der Waals surface area contributed by atoms with Gasteiger partial charge in [-0.1, -0.05) is 6.92 Å². The molecule has 4 heteroatoms. The third-order valence-corrected chi connectivity index (χ3v) is 3.84. The summed E-state index contributed by atoms with van der Waals surface area (Å²) in [5.74, 6) is 0.688. The van der Waals surface area contributed by atoms with Crippen LogP contribution >= 0.6 is 0 Å². The Morgan fingerprint density at radius 2 is 2.11 bits per heavy atom. The summed E-state index contributed by atoms with van der Waals surface area (Å²) < 4.78 is 0. The van der Waals surface area contributed by atoms with Crippen LogP contribution in [0.3, 0.4) is 0 Å². The van der Waals surface area contributed by atoms with Gasteiger partial charge in [0.25, 0.3) is 0 Å². The van der Waals surface area contributed by atoms with Crippen LogP contribution in [0.15, 0.2) is 18.3 Å². The summed E-state index contributed by atoms with van der Waals surface area (Å²) in [5.41, 5.74) is 7.98. The van der Waals surface area contributed by atoms with E-state index in [1.807, 2.05) is 19.2 Å². The highest BCUT2D eigenvalue weighted by Crippen LogP contribution is 2.25. The molecule has 3 atom stereocenters. The van der Waals surface area contributed by atoms with Gasteiger partial charge in [-0.25, -0.2) is 0 Å². The molecule has 18 heavy (non-hydrogen) atoms. The molecule has 1 fully saturated rings. The second-order valence-electron chi connectivity index (χ2n) is 5.64. The Balaban J connectivity index is 2.09. The quantitative estimate of drug-likeness (QED) is 0.880. The number of likely N-dealkylation sites (N-methyl/N-ethyl adjacent to an activating group) is 1. The smallest absolute Gasteiger partial charge is 0.0569 e. The molecule has 0 saturated carbocycles. The SMILES string of the molecule is CC(N)c1ccc(N2CC(C)C(N(C)C)C2)cn1. The van der Waals surface area contributed by atoms with Crippen LogP contribution in [0.4, 0.5) is 5.69 Å². The van der Waals surface area contributed by atoms with E-state index in [-0.39, 0.29) is 6.04 Å². The van der Waals surface area contributed by atoms with Gasteiger partial charge in [-0.15, -0.1) is 0 Å². The molecule has 3 unspecified atom stereocenters. The molecule has 2 rings (SSSR count). The minimum absolute atomic E-state index is 0.00563. The summed E-state index contributed by atoms with van der Waals surface area (Å²) in [4.78, 5) is 9.16. The molecule has 0 radical (unpaired) electrons. The Morgan fingerprint density at radius 1 is 1.39 bits per heavy atom. The van der Waals surface area contributed by atoms with Gasteiger partial charge in [-0.2, -0.15) is 0 Å². The molecule has 1 aromatic heterocycles. The van der Waals surface area contributed by atoms with E-state index in [2.05, 4.69) is 41.9 Å². The van der Waals surface area contributed by atoms with Gasteiger partial charge < -0.3 is 15.5 Å². The van der Waals surface area contributed by atoms with Crippen LogP contribution < -0.4 is 10.6 Å². The zero-order valence-corrected chi connectivity index (χ0v) is 11.8. The van der Waals surface area contributed by atoms with Crippen LogP contribution in [0.5, 0.6) is 0 Å². The number of pyridine rings is 1. The third-order valence-electron chi connectivity index (χ3n) is 3.84. The van der Waals surface area contributed by atoms with Crippen molar-refractivity contribution >= 4 is 5.69 Å². The predicted octanol–water partition coefficient (Wildman–Crippen LogP) is 1.49. The maximum atomic E-state index is 5.82. The fourth-order valence-corrected chi connectivity index (χ4v) is 2.69. The average Bonchev–Trinajstić information content (AvgIpc) is 2.71. The van der Waals surface area contributed by atoms with Crippen LogP contribution in [0.1, 0.15) is 25.6 Å². The normalized spacial score (nSPS) is 25.8. The molecule has 1 aliphatic rings. The van der Waals surface area contributed by atoms with Crippen molar-refractivity contribution in [3.8, 4) is 0 Å². The second-order valence-corrected chi connectivity index (χ2v) is 5.64. The summed E-state index contributed by atoms with van der Waals surface area (Å²) in [6, 6.07) is 4.80. The molecule has 0 aromatic carbocycles. The number of hydrogen-bond acceptors (Lipinski definition) is 4. The van der Waals surface area contributed by atoms with E-state index in [1.165, 1.54) is 5.69 Å². The lowest BCUT2D eigenvalue weighted by molar-refractivity contribution is 0.266. The van der Waals surface area contributed by atoms with Gasteiger partial charge in [0.05, 0.1) is 17.6 Å². The minimum Gasteiger partial charge on any atom is -0.368 e. The van der Waals surface area contributed by atoms with Gasteiger partial charge in [0, 0.05) is 25.2 Å². The number of rotatable bonds is 3. The summed E-state index contributed by atoms with van der Waals surface area (Å²) in [6.07, 6.45) is 1.95. The van der Waals surface area contributed by atoms with Crippen molar-refractivity contribution in [1.82, 2.24) is 9.88 Å². The number of anilines is 1. The summed E-state index contributed by atoms with van der Waals surface area (Å²) in [7, 11) is 4.31. The van der Waals surface area contributed by atoms with Crippen molar-refractivity contribution in [2.45, 2.75) is 25.9 Å². The zero-order valence-electron chi connectivity index (χ0n) is 11.8. The molecule has 0 amide bonds. The molecule has 0 bridgehead atoms. The average molecular weight is 248 g/mol. The highest BCUT2D eigenvalue weighted by Gasteiger charge is 2.31. The van der Waals surface area contributed by atoms with E-state index >= 15 is 0 Å². The first-order valence-electron chi connectivity index (χ1n) is 6.62. The molecule has 100 valence electrons. The van der Waals surface area contributed by atoms with Crippen molar-refractivity contribution < 1.29 is 0 Å². The molecule has 1 aliphatic heterocycles. The van der Waals surface area contributed by atoms with E-state index in [0.717, 1.165) is 18.8 Å². The first-order chi connectivity index (χ1) is 8.49. The van der Waals surface area contributed by atoms with Gasteiger partial charge in [0.2, 0.25) is 0 Å². The molecule has 2 N–H and O–H groups in total. The zero-order chi connectivity index (χ0) is 13.3. The fraction of sp³-hybridized carbons (Fsp3) is 0.643. The van der Waals surface area contributed by atoms with Gasteiger partial charge in [-0.05, 0) is 39.1 Å². The van der Waals surface area contributed by atoms with Crippen LogP contribution in [-0.4, -0.2) is 43.1 Å². The van der Waals surface area contributed by atoms with Crippen LogP contribution in [0.2, 0.25) is 0 Å². The minimum atomic E-state index is 0.00563. The molecular weight excluding hydrogens is 224 g/mol. The Kier molecular flexibility index (Phi) is 3.88. The maximum absolute atomic E-state index is 5.82. The van der Waals surface area contributed by atoms with Crippen molar-refractivity contribution in [1.29, 1.82) is 0 Å². The number of nitrogens with zero attached hydrogens (tertiary/aromatic N) is 3. The van der Waals surface area contributed by atoms with E-state index in [0.29, 0.717) is 12.0 Å². The number of nitrogens with two attached hydrogens (primary N) is 1. The number of hydrogen-bond donors (Lipinski definition) is 1. The fourth-order valence-electron chi connectivity index (χ4n) is 2.69. The second kappa shape index (κ2) is 5.24. The topological polar surface area (TPSA) is 45.4 Å². The van der Waals surface area contributed by atoms with E-state index in [4.69, 9.17) is 5.73 Å². The summed E-state index contributed by atoms with van der Waals surface area (Å²) in [5, 5.41) is 0. The van der Waals surface area contributed by atoms with E-state index < -0.39 is 0 Å². The van der Waals surface area contributed by atoms with Gasteiger partial charge >= 0.3 is 0 Å². The summed E-state index contributed by atoms with van der Waals surface area (Å²) in [6.45, 7) is 6.45. The first kappa shape index (κ1) is 13.3. The number of aromatic nitrogens is 1. The Hall–Kier alpha value is -1.13. The molecule has 0 spiro atoms. The Bertz CT molecular complexity index is 385. The predicted molar refractivity (Wildman–Crippen MR) is 75.7 cm³/mol. The van der Waals surface area contributed by atoms with Gasteiger partial charge in [0.1, 0.15) is 0 Å². The van der Waals surface area contributed by atoms with Crippen LogP contribution in [0, 0.1) is 5.92 Å². The highest BCUT2D eigenvalue weighted by atomic mass is 15.2. The Labute approximate surface area is 110 Å². The Morgan fingerprint density at radius 3 is 2.56 bits per heavy atom. The molecule has 2 heterocycles. The lowest BCUT2D eigenvalue weighted by Crippen LogP contribution is -2.34. The molecule has 1 aromatic rings. The van der Waals surface area contributed by atoms with Crippen molar-refractivity contribution in [3.05, 3.63) is 24.0 Å². The van der Waals surface area contributed by atoms with Crippen molar-refractivity contribution in [2.24, 2.45) is 11.7 Å². The van der Waals surface area contributed by atoms with Crippen LogP contribution in [-0.2, 0) is 0 Å². The molecule has 4 nitrogen and oxygen atoms in total. The first-order valence-corrected chi connectivity index (χ1v) is 6.62. The molecule has 0 aliphatic carbocycles. The largest absolute Gasteiger partial charge is 0.368 e. The lowest BCUT2D eigenvalue weighted by atomic mass is 10.1. The summed E-state index contributed by atoms with van der Waals surface area (Å²) >= 11 is 0. The van der Waals surface area contributed by atoms with Gasteiger partial charge in [-0.3, -0.25) is 4.98 Å². The third kappa shape index (κ3) is 2.65. The van der Waals surface area contributed by atoms with E-state index in [1.54, 1.807) is 0 Å². The maximum Gasteiger partial charge on any atom is 0.0569 e. The van der Waals surface area contributed by atoms with Crippen molar-refractivity contribution in [2.75, 3.05) is 32.1 Å². The molecule has 1 saturated heterocycles.